The minimum atomic E-state index is -0.754. The molecule has 134 valence electrons. The topological polar surface area (TPSA) is 77.4 Å². The number of rotatable bonds is 5. The molecule has 0 unspecified atom stereocenters. The Hall–Kier alpha value is -2.63. The Kier molecular flexibility index (Phi) is 5.62. The van der Waals surface area contributed by atoms with Crippen molar-refractivity contribution in [2.24, 2.45) is 5.92 Å². The van der Waals surface area contributed by atoms with Gasteiger partial charge in [-0.15, -0.1) is 0 Å². The van der Waals surface area contributed by atoms with Crippen molar-refractivity contribution < 1.29 is 14.3 Å². The molecular formula is C19H24N2O4. The van der Waals surface area contributed by atoms with E-state index in [9.17, 15) is 14.4 Å². The zero-order valence-corrected chi connectivity index (χ0v) is 15.2. The molecule has 0 aliphatic carbocycles. The van der Waals surface area contributed by atoms with Crippen molar-refractivity contribution in [1.82, 2.24) is 9.88 Å². The maximum atomic E-state index is 12.8. The Morgan fingerprint density at radius 3 is 2.20 bits per heavy atom. The highest BCUT2D eigenvalue weighted by Gasteiger charge is 2.26. The maximum Gasteiger partial charge on any atom is 0.328 e. The highest BCUT2D eigenvalue weighted by Crippen LogP contribution is 2.18. The molecule has 2 aromatic rings. The quantitative estimate of drug-likeness (QED) is 0.846. The number of hydrogen-bond donors (Lipinski definition) is 1. The van der Waals surface area contributed by atoms with Crippen LogP contribution < -0.4 is 10.9 Å². The third-order valence-corrected chi connectivity index (χ3v) is 4.16. The smallest absolute Gasteiger partial charge is 0.328 e. The third-order valence-electron chi connectivity index (χ3n) is 4.16. The second-order valence-electron chi connectivity index (χ2n) is 6.61. The van der Waals surface area contributed by atoms with Crippen LogP contribution in [0.1, 0.15) is 44.1 Å². The molecule has 1 heterocycles. The molecule has 0 aliphatic heterocycles. The molecule has 6 nitrogen and oxygen atoms in total. The minimum Gasteiger partial charge on any atom is -0.467 e. The number of nitrogens with zero attached hydrogens (tertiary/aromatic N) is 1. The van der Waals surface area contributed by atoms with Crippen molar-refractivity contribution in [3.63, 3.8) is 0 Å². The van der Waals surface area contributed by atoms with Crippen molar-refractivity contribution in [3.8, 4) is 0 Å². The van der Waals surface area contributed by atoms with Crippen LogP contribution in [0, 0.1) is 5.92 Å². The van der Waals surface area contributed by atoms with Gasteiger partial charge in [0.25, 0.3) is 11.5 Å². The van der Waals surface area contributed by atoms with Crippen LogP contribution in [0.2, 0.25) is 0 Å². The Bertz CT molecular complexity index is 852. The van der Waals surface area contributed by atoms with Gasteiger partial charge in [0.05, 0.1) is 12.7 Å². The van der Waals surface area contributed by atoms with E-state index in [4.69, 9.17) is 4.74 Å². The average molecular weight is 344 g/mol. The number of hydrogen-bond acceptors (Lipinski definition) is 4. The molecule has 0 radical (unpaired) electrons. The monoisotopic (exact) mass is 344 g/mol. The summed E-state index contributed by atoms with van der Waals surface area (Å²) in [6.45, 7) is 7.41. The van der Waals surface area contributed by atoms with Gasteiger partial charge in [0.15, 0.2) is 0 Å². The Morgan fingerprint density at radius 1 is 1.08 bits per heavy atom. The summed E-state index contributed by atoms with van der Waals surface area (Å²) in [6, 6.07) is 6.13. The Labute approximate surface area is 146 Å². The molecule has 0 spiro atoms. The van der Waals surface area contributed by atoms with E-state index < -0.39 is 17.9 Å². The second-order valence-corrected chi connectivity index (χ2v) is 6.61. The molecule has 1 aromatic heterocycles. The molecule has 0 bridgehead atoms. The summed E-state index contributed by atoms with van der Waals surface area (Å²) in [5.74, 6) is -1.03. The number of ether oxygens (including phenoxy) is 1. The molecule has 2 rings (SSSR count). The van der Waals surface area contributed by atoms with Gasteiger partial charge < -0.3 is 14.6 Å². The van der Waals surface area contributed by atoms with Gasteiger partial charge in [0.2, 0.25) is 0 Å². The standard InChI is InChI=1S/C19H24N2O4/c1-11(2)16(19(24)25-5)20-17(22)15-10-21(12(3)4)18(23)14-9-7-6-8-13(14)15/h6-12,16H,1-5H3,(H,20,22)/t16-/m0/s1. The molecule has 1 N–H and O–H groups in total. The van der Waals surface area contributed by atoms with Crippen LogP contribution in [0.15, 0.2) is 35.3 Å². The van der Waals surface area contributed by atoms with Crippen LogP contribution in [-0.2, 0) is 9.53 Å². The van der Waals surface area contributed by atoms with Gasteiger partial charge in [-0.1, -0.05) is 32.0 Å². The highest BCUT2D eigenvalue weighted by atomic mass is 16.5. The molecule has 1 amide bonds. The summed E-state index contributed by atoms with van der Waals surface area (Å²) >= 11 is 0. The fourth-order valence-corrected chi connectivity index (χ4v) is 2.72. The maximum absolute atomic E-state index is 12.8. The number of nitrogens with one attached hydrogen (secondary N) is 1. The molecule has 0 saturated carbocycles. The van der Waals surface area contributed by atoms with Gasteiger partial charge in [-0.25, -0.2) is 4.79 Å². The van der Waals surface area contributed by atoms with E-state index in [0.29, 0.717) is 16.3 Å². The fourth-order valence-electron chi connectivity index (χ4n) is 2.72. The normalized spacial score (nSPS) is 12.4. The van der Waals surface area contributed by atoms with E-state index in [1.54, 1.807) is 30.5 Å². The first-order valence-electron chi connectivity index (χ1n) is 8.30. The zero-order chi connectivity index (χ0) is 18.7. The zero-order valence-electron chi connectivity index (χ0n) is 15.2. The minimum absolute atomic E-state index is 0.0924. The molecule has 0 saturated heterocycles. The first kappa shape index (κ1) is 18.7. The summed E-state index contributed by atoms with van der Waals surface area (Å²) in [6.07, 6.45) is 1.55. The number of pyridine rings is 1. The molecular weight excluding hydrogens is 320 g/mol. The summed E-state index contributed by atoms with van der Waals surface area (Å²) in [7, 11) is 1.29. The van der Waals surface area contributed by atoms with Gasteiger partial charge >= 0.3 is 5.97 Å². The molecule has 0 fully saturated rings. The van der Waals surface area contributed by atoms with Crippen molar-refractivity contribution in [1.29, 1.82) is 0 Å². The van der Waals surface area contributed by atoms with Gasteiger partial charge in [0, 0.05) is 23.0 Å². The first-order chi connectivity index (χ1) is 11.8. The fraction of sp³-hybridized carbons (Fsp3) is 0.421. The van der Waals surface area contributed by atoms with Crippen LogP contribution in [0.4, 0.5) is 0 Å². The van der Waals surface area contributed by atoms with Gasteiger partial charge in [-0.05, 0) is 25.8 Å². The van der Waals surface area contributed by atoms with E-state index in [-0.39, 0.29) is 17.5 Å². The highest BCUT2D eigenvalue weighted by molar-refractivity contribution is 6.07. The third kappa shape index (κ3) is 3.73. The lowest BCUT2D eigenvalue weighted by Gasteiger charge is -2.21. The number of methoxy groups -OCH3 is 1. The van der Waals surface area contributed by atoms with Crippen LogP contribution in [0.3, 0.4) is 0 Å². The molecule has 6 heteroatoms. The molecule has 1 atom stereocenters. The summed E-state index contributed by atoms with van der Waals surface area (Å²) in [4.78, 5) is 37.4. The van der Waals surface area contributed by atoms with Gasteiger partial charge in [-0.2, -0.15) is 0 Å². The van der Waals surface area contributed by atoms with E-state index in [2.05, 4.69) is 5.32 Å². The predicted octanol–water partition coefficient (Wildman–Crippen LogP) is 2.51. The summed E-state index contributed by atoms with van der Waals surface area (Å²) in [5.41, 5.74) is 0.217. The predicted molar refractivity (Wildman–Crippen MR) is 96.7 cm³/mol. The number of aromatic nitrogens is 1. The second kappa shape index (κ2) is 7.51. The van der Waals surface area contributed by atoms with Crippen molar-refractivity contribution >= 4 is 22.6 Å². The lowest BCUT2D eigenvalue weighted by Crippen LogP contribution is -2.45. The molecule has 25 heavy (non-hydrogen) atoms. The lowest BCUT2D eigenvalue weighted by atomic mass is 10.0. The SMILES string of the molecule is COC(=O)[C@@H](NC(=O)c1cn(C(C)C)c(=O)c2ccccc12)C(C)C. The van der Waals surface area contributed by atoms with Gasteiger partial charge in [0.1, 0.15) is 6.04 Å². The van der Waals surface area contributed by atoms with Crippen LogP contribution in [-0.4, -0.2) is 29.6 Å². The van der Waals surface area contributed by atoms with E-state index in [1.165, 1.54) is 11.7 Å². The van der Waals surface area contributed by atoms with Crippen LogP contribution >= 0.6 is 0 Å². The number of fused-ring (bicyclic) bond motifs is 1. The van der Waals surface area contributed by atoms with E-state index in [0.717, 1.165) is 0 Å². The van der Waals surface area contributed by atoms with Gasteiger partial charge in [-0.3, -0.25) is 9.59 Å². The Balaban J connectivity index is 2.56. The first-order valence-corrected chi connectivity index (χ1v) is 8.30. The largest absolute Gasteiger partial charge is 0.467 e. The number of benzene rings is 1. The van der Waals surface area contributed by atoms with Crippen LogP contribution in [0.5, 0.6) is 0 Å². The number of esters is 1. The van der Waals surface area contributed by atoms with Crippen molar-refractivity contribution in [2.75, 3.05) is 7.11 Å². The van der Waals surface area contributed by atoms with E-state index >= 15 is 0 Å². The average Bonchev–Trinajstić information content (AvgIpc) is 2.58. The Morgan fingerprint density at radius 2 is 1.68 bits per heavy atom. The van der Waals surface area contributed by atoms with E-state index in [1.807, 2.05) is 27.7 Å². The molecule has 1 aromatic carbocycles. The number of amides is 1. The number of carbonyl (C=O) groups excluding carboxylic acids is 2. The van der Waals surface area contributed by atoms with Crippen LogP contribution in [0.25, 0.3) is 10.8 Å². The summed E-state index contributed by atoms with van der Waals surface area (Å²) in [5, 5.41) is 3.77. The van der Waals surface area contributed by atoms with Crippen molar-refractivity contribution in [2.45, 2.75) is 39.8 Å². The number of carbonyl (C=O) groups is 2. The summed E-state index contributed by atoms with van der Waals surface area (Å²) < 4.78 is 6.30. The lowest BCUT2D eigenvalue weighted by molar-refractivity contribution is -0.144. The van der Waals surface area contributed by atoms with Crippen molar-refractivity contribution in [3.05, 3.63) is 46.4 Å². The molecule has 0 aliphatic rings.